The minimum Gasteiger partial charge on any atom is -0.480 e. The van der Waals surface area contributed by atoms with E-state index in [4.69, 9.17) is 0 Å². The van der Waals surface area contributed by atoms with Crippen LogP contribution < -0.4 is 0 Å². The summed E-state index contributed by atoms with van der Waals surface area (Å²) in [5, 5.41) is 16.4. The number of fused-ring (bicyclic) bond motifs is 1. The molecule has 128 valence electrons. The van der Waals surface area contributed by atoms with Crippen molar-refractivity contribution in [2.24, 2.45) is 0 Å². The van der Waals surface area contributed by atoms with Crippen LogP contribution in [0.4, 0.5) is 0 Å². The second kappa shape index (κ2) is 6.98. The molecule has 4 rings (SSSR count). The van der Waals surface area contributed by atoms with Crippen molar-refractivity contribution in [2.75, 3.05) is 6.54 Å². The van der Waals surface area contributed by atoms with E-state index in [0.29, 0.717) is 0 Å². The van der Waals surface area contributed by atoms with Crippen LogP contribution in [0.5, 0.6) is 0 Å². The normalized spacial score (nSPS) is 19.8. The number of thiophene rings is 1. The van der Waals surface area contributed by atoms with Crippen molar-refractivity contribution < 1.29 is 9.90 Å². The lowest BCUT2D eigenvalue weighted by atomic mass is 9.90. The number of aliphatic carboxylic acids is 1. The largest absolute Gasteiger partial charge is 0.480 e. The van der Waals surface area contributed by atoms with Gasteiger partial charge in [-0.3, -0.25) is 9.69 Å². The topological polar surface area (TPSA) is 40.5 Å². The molecule has 0 radical (unpaired) electrons. The molecule has 1 aliphatic heterocycles. The SMILES string of the molecule is O=C(O)C1CCCCN1C(c1ccsc1)c1cccc2ccccc12. The molecule has 4 heteroatoms. The molecule has 0 aliphatic carbocycles. The first-order valence-corrected chi connectivity index (χ1v) is 9.68. The third kappa shape index (κ3) is 3.08. The van der Waals surface area contributed by atoms with Crippen molar-refractivity contribution in [3.05, 3.63) is 70.4 Å². The number of nitrogens with zero attached hydrogens (tertiary/aromatic N) is 1. The fraction of sp³-hybridized carbons (Fsp3) is 0.286. The average molecular weight is 351 g/mol. The van der Waals surface area contributed by atoms with Gasteiger partial charge in [-0.2, -0.15) is 11.3 Å². The lowest BCUT2D eigenvalue weighted by Gasteiger charge is -2.39. The van der Waals surface area contributed by atoms with E-state index in [-0.39, 0.29) is 6.04 Å². The predicted octanol–water partition coefficient (Wildman–Crippen LogP) is 4.93. The molecule has 0 saturated carbocycles. The van der Waals surface area contributed by atoms with Gasteiger partial charge in [-0.1, -0.05) is 48.9 Å². The first kappa shape index (κ1) is 16.3. The van der Waals surface area contributed by atoms with Crippen LogP contribution in [-0.2, 0) is 4.79 Å². The van der Waals surface area contributed by atoms with Crippen LogP contribution in [0.2, 0.25) is 0 Å². The number of carbonyl (C=O) groups is 1. The molecule has 2 atom stereocenters. The maximum Gasteiger partial charge on any atom is 0.320 e. The molecule has 1 fully saturated rings. The van der Waals surface area contributed by atoms with Gasteiger partial charge >= 0.3 is 5.97 Å². The summed E-state index contributed by atoms with van der Waals surface area (Å²) >= 11 is 1.67. The number of carboxylic acid groups (broad SMARTS) is 1. The Balaban J connectivity index is 1.88. The Kier molecular flexibility index (Phi) is 4.55. The van der Waals surface area contributed by atoms with Crippen LogP contribution in [-0.4, -0.2) is 28.6 Å². The van der Waals surface area contributed by atoms with Gasteiger partial charge in [-0.25, -0.2) is 0 Å². The van der Waals surface area contributed by atoms with Gasteiger partial charge < -0.3 is 5.11 Å². The number of likely N-dealkylation sites (tertiary alicyclic amines) is 1. The lowest BCUT2D eigenvalue weighted by molar-refractivity contribution is -0.145. The molecule has 25 heavy (non-hydrogen) atoms. The quantitative estimate of drug-likeness (QED) is 0.724. The average Bonchev–Trinajstić information content (AvgIpc) is 3.17. The van der Waals surface area contributed by atoms with Gasteiger partial charge in [0.1, 0.15) is 6.04 Å². The van der Waals surface area contributed by atoms with Gasteiger partial charge in [0.25, 0.3) is 0 Å². The molecule has 0 bridgehead atoms. The Labute approximate surface area is 151 Å². The number of benzene rings is 2. The molecular weight excluding hydrogens is 330 g/mol. The summed E-state index contributed by atoms with van der Waals surface area (Å²) in [6, 6.07) is 16.4. The first-order valence-electron chi connectivity index (χ1n) is 8.74. The molecular formula is C21H21NO2S. The van der Waals surface area contributed by atoms with E-state index in [1.165, 1.54) is 21.9 Å². The van der Waals surface area contributed by atoms with E-state index < -0.39 is 12.0 Å². The van der Waals surface area contributed by atoms with E-state index in [0.717, 1.165) is 25.8 Å². The van der Waals surface area contributed by atoms with E-state index in [2.05, 4.69) is 58.1 Å². The van der Waals surface area contributed by atoms with Gasteiger partial charge in [0.05, 0.1) is 6.04 Å². The fourth-order valence-electron chi connectivity index (χ4n) is 4.00. The van der Waals surface area contributed by atoms with Crippen molar-refractivity contribution in [3.63, 3.8) is 0 Å². The molecule has 1 aromatic heterocycles. The van der Waals surface area contributed by atoms with E-state index in [9.17, 15) is 9.90 Å². The van der Waals surface area contributed by atoms with Gasteiger partial charge in [0.2, 0.25) is 0 Å². The number of hydrogen-bond donors (Lipinski definition) is 1. The first-order chi connectivity index (χ1) is 12.3. The summed E-state index contributed by atoms with van der Waals surface area (Å²) in [5.41, 5.74) is 2.39. The molecule has 1 saturated heterocycles. The van der Waals surface area contributed by atoms with Crippen molar-refractivity contribution in [1.29, 1.82) is 0 Å². The minimum atomic E-state index is -0.708. The molecule has 3 aromatic rings. The Bertz CT molecular complexity index is 869. The number of hydrogen-bond acceptors (Lipinski definition) is 3. The fourth-order valence-corrected chi connectivity index (χ4v) is 4.68. The van der Waals surface area contributed by atoms with Gasteiger partial charge in [-0.15, -0.1) is 0 Å². The molecule has 2 unspecified atom stereocenters. The molecule has 0 amide bonds. The Hall–Kier alpha value is -2.17. The Morgan fingerprint density at radius 3 is 2.76 bits per heavy atom. The summed E-state index contributed by atoms with van der Waals surface area (Å²) < 4.78 is 0. The van der Waals surface area contributed by atoms with Crippen molar-refractivity contribution >= 4 is 28.1 Å². The van der Waals surface area contributed by atoms with E-state index >= 15 is 0 Å². The Morgan fingerprint density at radius 2 is 1.96 bits per heavy atom. The van der Waals surface area contributed by atoms with Crippen molar-refractivity contribution in [3.8, 4) is 0 Å². The summed E-state index contributed by atoms with van der Waals surface area (Å²) in [4.78, 5) is 14.1. The van der Waals surface area contributed by atoms with Gasteiger partial charge in [0.15, 0.2) is 0 Å². The summed E-state index contributed by atoms with van der Waals surface area (Å²) in [5.74, 6) is -0.708. The molecule has 2 heterocycles. The smallest absolute Gasteiger partial charge is 0.320 e. The summed E-state index contributed by atoms with van der Waals surface area (Å²) in [6.07, 6.45) is 2.76. The van der Waals surface area contributed by atoms with Crippen LogP contribution in [0.25, 0.3) is 10.8 Å². The zero-order valence-electron chi connectivity index (χ0n) is 14.0. The molecule has 1 aliphatic rings. The van der Waals surface area contributed by atoms with E-state index in [1.54, 1.807) is 11.3 Å². The highest BCUT2D eigenvalue weighted by Crippen LogP contribution is 2.38. The third-order valence-electron chi connectivity index (χ3n) is 5.14. The van der Waals surface area contributed by atoms with Gasteiger partial charge in [0, 0.05) is 0 Å². The molecule has 3 nitrogen and oxygen atoms in total. The molecule has 1 N–H and O–H groups in total. The zero-order chi connectivity index (χ0) is 17.2. The molecule has 2 aromatic carbocycles. The lowest BCUT2D eigenvalue weighted by Crippen LogP contribution is -2.46. The van der Waals surface area contributed by atoms with Crippen molar-refractivity contribution in [1.82, 2.24) is 4.90 Å². The second-order valence-corrected chi connectivity index (χ2v) is 7.40. The van der Waals surface area contributed by atoms with Crippen LogP contribution in [0.3, 0.4) is 0 Å². The maximum atomic E-state index is 11.9. The van der Waals surface area contributed by atoms with E-state index in [1.807, 2.05) is 6.07 Å². The van der Waals surface area contributed by atoms with Crippen molar-refractivity contribution in [2.45, 2.75) is 31.3 Å². The van der Waals surface area contributed by atoms with Gasteiger partial charge in [-0.05, 0) is 58.1 Å². The minimum absolute atomic E-state index is 0.0150. The van der Waals surface area contributed by atoms with Crippen LogP contribution in [0.15, 0.2) is 59.3 Å². The maximum absolute atomic E-state index is 11.9. The standard InChI is InChI=1S/C21H21NO2S/c23-21(24)19-10-3-4-12-22(19)20(16-11-13-25-14-16)18-9-5-7-15-6-1-2-8-17(15)18/h1-2,5-9,11,13-14,19-20H,3-4,10,12H2,(H,23,24). The number of rotatable bonds is 4. The molecule has 0 spiro atoms. The number of piperidine rings is 1. The van der Waals surface area contributed by atoms with Crippen LogP contribution in [0.1, 0.15) is 36.4 Å². The predicted molar refractivity (Wildman–Crippen MR) is 102 cm³/mol. The third-order valence-corrected chi connectivity index (χ3v) is 5.84. The second-order valence-electron chi connectivity index (χ2n) is 6.62. The summed E-state index contributed by atoms with van der Waals surface area (Å²) in [6.45, 7) is 0.820. The highest BCUT2D eigenvalue weighted by molar-refractivity contribution is 7.08. The Morgan fingerprint density at radius 1 is 1.12 bits per heavy atom. The monoisotopic (exact) mass is 351 g/mol. The highest BCUT2D eigenvalue weighted by atomic mass is 32.1. The number of carboxylic acids is 1. The van der Waals surface area contributed by atoms with Crippen LogP contribution >= 0.6 is 11.3 Å². The van der Waals surface area contributed by atoms with Crippen LogP contribution in [0, 0.1) is 0 Å². The summed E-state index contributed by atoms with van der Waals surface area (Å²) in [7, 11) is 0. The highest BCUT2D eigenvalue weighted by Gasteiger charge is 2.35. The zero-order valence-corrected chi connectivity index (χ0v) is 14.8.